The van der Waals surface area contributed by atoms with E-state index < -0.39 is 12.0 Å². The number of halogens is 3. The molecule has 2 rings (SSSR count). The van der Waals surface area contributed by atoms with Gasteiger partial charge in [-0.25, -0.2) is 0 Å². The van der Waals surface area contributed by atoms with Gasteiger partial charge in [0.2, 0.25) is 0 Å². The first-order chi connectivity index (χ1) is 8.30. The average Bonchev–Trinajstić information content (AvgIpc) is 3.07. The standard InChI is InChI=1S/C14H13F3O/c1-8(2)11-7-12(11)9-3-5-10(6-4-9)13(18)14(15,16)17/h3-6,12H,7H2,1-2H3. The van der Waals surface area contributed by atoms with E-state index in [1.165, 1.54) is 23.3 Å². The maximum absolute atomic E-state index is 12.2. The van der Waals surface area contributed by atoms with Crippen LogP contribution in [-0.4, -0.2) is 12.0 Å². The van der Waals surface area contributed by atoms with Crippen molar-refractivity contribution in [2.75, 3.05) is 0 Å². The van der Waals surface area contributed by atoms with Gasteiger partial charge in [-0.2, -0.15) is 13.2 Å². The number of allylic oxidation sites excluding steroid dienone is 2. The van der Waals surface area contributed by atoms with Gasteiger partial charge >= 0.3 is 6.18 Å². The molecule has 1 saturated carbocycles. The minimum Gasteiger partial charge on any atom is -0.284 e. The third-order valence-electron chi connectivity index (χ3n) is 3.16. The summed E-state index contributed by atoms with van der Waals surface area (Å²) < 4.78 is 36.7. The molecule has 1 aliphatic carbocycles. The smallest absolute Gasteiger partial charge is 0.284 e. The Morgan fingerprint density at radius 1 is 1.17 bits per heavy atom. The quantitative estimate of drug-likeness (QED) is 0.569. The van der Waals surface area contributed by atoms with E-state index in [4.69, 9.17) is 0 Å². The molecule has 0 aliphatic heterocycles. The minimum atomic E-state index is -4.80. The van der Waals surface area contributed by atoms with Gasteiger partial charge in [0.15, 0.2) is 0 Å². The van der Waals surface area contributed by atoms with E-state index in [-0.39, 0.29) is 5.56 Å². The second-order valence-electron chi connectivity index (χ2n) is 4.73. The van der Waals surface area contributed by atoms with Gasteiger partial charge in [-0.1, -0.05) is 35.4 Å². The summed E-state index contributed by atoms with van der Waals surface area (Å²) in [6.45, 7) is 4.05. The van der Waals surface area contributed by atoms with Crippen LogP contribution in [0.25, 0.3) is 0 Å². The highest BCUT2D eigenvalue weighted by Crippen LogP contribution is 2.48. The van der Waals surface area contributed by atoms with Gasteiger partial charge in [-0.05, 0) is 25.8 Å². The number of alkyl halides is 3. The molecule has 96 valence electrons. The van der Waals surface area contributed by atoms with Crippen molar-refractivity contribution in [3.05, 3.63) is 46.5 Å². The predicted octanol–water partition coefficient (Wildman–Crippen LogP) is 4.26. The van der Waals surface area contributed by atoms with Crippen LogP contribution in [-0.2, 0) is 0 Å². The summed E-state index contributed by atoms with van der Waals surface area (Å²) in [4.78, 5) is 11.0. The number of benzene rings is 1. The normalized spacial score (nSPS) is 18.7. The number of rotatable bonds is 2. The highest BCUT2D eigenvalue weighted by molar-refractivity contribution is 6.00. The minimum absolute atomic E-state index is 0.300. The molecule has 18 heavy (non-hydrogen) atoms. The molecular weight excluding hydrogens is 241 g/mol. The topological polar surface area (TPSA) is 17.1 Å². The lowest BCUT2D eigenvalue weighted by Gasteiger charge is -2.05. The van der Waals surface area contributed by atoms with Gasteiger partial charge in [-0.3, -0.25) is 4.79 Å². The van der Waals surface area contributed by atoms with E-state index in [1.807, 2.05) is 13.8 Å². The number of Topliss-reactive ketones (excluding diaryl/α,β-unsaturated/α-hetero) is 1. The third kappa shape index (κ3) is 2.47. The number of hydrogen-bond acceptors (Lipinski definition) is 1. The molecule has 1 unspecified atom stereocenters. The van der Waals surface area contributed by atoms with Gasteiger partial charge in [0, 0.05) is 11.5 Å². The first kappa shape index (κ1) is 12.9. The van der Waals surface area contributed by atoms with Gasteiger partial charge < -0.3 is 0 Å². The Kier molecular flexibility index (Phi) is 3.05. The number of carbonyl (C=O) groups excluding carboxylic acids is 1. The summed E-state index contributed by atoms with van der Waals surface area (Å²) in [7, 11) is 0. The number of ketones is 1. The molecule has 0 heterocycles. The number of carbonyl (C=O) groups is 1. The zero-order valence-corrected chi connectivity index (χ0v) is 10.1. The van der Waals surface area contributed by atoms with Crippen LogP contribution in [0.4, 0.5) is 13.2 Å². The fourth-order valence-electron chi connectivity index (χ4n) is 2.06. The van der Waals surface area contributed by atoms with Crippen molar-refractivity contribution in [3.63, 3.8) is 0 Å². The van der Waals surface area contributed by atoms with Crippen LogP contribution in [0.2, 0.25) is 0 Å². The summed E-state index contributed by atoms with van der Waals surface area (Å²) in [5.41, 5.74) is 3.27. The van der Waals surface area contributed by atoms with Crippen LogP contribution in [0.1, 0.15) is 42.1 Å². The second kappa shape index (κ2) is 4.26. The third-order valence-corrected chi connectivity index (χ3v) is 3.16. The summed E-state index contributed by atoms with van der Waals surface area (Å²) in [6.07, 6.45) is -3.83. The zero-order valence-electron chi connectivity index (χ0n) is 10.1. The summed E-state index contributed by atoms with van der Waals surface area (Å²) in [5, 5.41) is 0. The second-order valence-corrected chi connectivity index (χ2v) is 4.73. The Balaban J connectivity index is 2.18. The van der Waals surface area contributed by atoms with Crippen molar-refractivity contribution >= 4 is 5.78 Å². The molecular formula is C14H13F3O. The first-order valence-electron chi connectivity index (χ1n) is 5.68. The molecule has 1 nitrogen and oxygen atoms in total. The molecule has 1 aromatic rings. The predicted molar refractivity (Wildman–Crippen MR) is 62.6 cm³/mol. The van der Waals surface area contributed by atoms with E-state index in [0.29, 0.717) is 5.92 Å². The molecule has 0 N–H and O–H groups in total. The van der Waals surface area contributed by atoms with E-state index >= 15 is 0 Å². The Morgan fingerprint density at radius 2 is 1.72 bits per heavy atom. The first-order valence-corrected chi connectivity index (χ1v) is 5.68. The van der Waals surface area contributed by atoms with Gasteiger partial charge in [0.25, 0.3) is 5.78 Å². The molecule has 0 radical (unpaired) electrons. The van der Waals surface area contributed by atoms with E-state index in [0.717, 1.165) is 12.0 Å². The molecule has 0 amide bonds. The van der Waals surface area contributed by atoms with E-state index in [2.05, 4.69) is 0 Å². The van der Waals surface area contributed by atoms with Crippen LogP contribution < -0.4 is 0 Å². The van der Waals surface area contributed by atoms with Crippen LogP contribution >= 0.6 is 0 Å². The van der Waals surface area contributed by atoms with Crippen molar-refractivity contribution < 1.29 is 18.0 Å². The Labute approximate surface area is 103 Å². The summed E-state index contributed by atoms with van der Waals surface area (Å²) in [5.74, 6) is -1.46. The molecule has 4 heteroatoms. The molecule has 0 aromatic heterocycles. The molecule has 1 fully saturated rings. The van der Waals surface area contributed by atoms with Crippen LogP contribution in [0.3, 0.4) is 0 Å². The maximum Gasteiger partial charge on any atom is 0.454 e. The zero-order chi connectivity index (χ0) is 13.5. The fourth-order valence-corrected chi connectivity index (χ4v) is 2.06. The van der Waals surface area contributed by atoms with E-state index in [1.54, 1.807) is 12.1 Å². The Hall–Kier alpha value is -1.58. The van der Waals surface area contributed by atoms with E-state index in [9.17, 15) is 18.0 Å². The molecule has 1 atom stereocenters. The molecule has 0 bridgehead atoms. The molecule has 0 saturated heterocycles. The summed E-state index contributed by atoms with van der Waals surface area (Å²) in [6, 6.07) is 5.73. The van der Waals surface area contributed by atoms with Crippen molar-refractivity contribution in [3.8, 4) is 0 Å². The maximum atomic E-state index is 12.2. The molecule has 1 aliphatic rings. The average molecular weight is 254 g/mol. The molecule has 0 spiro atoms. The van der Waals surface area contributed by atoms with Gasteiger partial charge in [0.05, 0.1) is 0 Å². The fraction of sp³-hybridized carbons (Fsp3) is 0.357. The van der Waals surface area contributed by atoms with Gasteiger partial charge in [0.1, 0.15) is 0 Å². The summed E-state index contributed by atoms with van der Waals surface area (Å²) >= 11 is 0. The van der Waals surface area contributed by atoms with Crippen LogP contribution in [0.5, 0.6) is 0 Å². The lowest BCUT2D eigenvalue weighted by atomic mass is 10.0. The lowest BCUT2D eigenvalue weighted by Crippen LogP contribution is -2.22. The van der Waals surface area contributed by atoms with Crippen LogP contribution in [0, 0.1) is 0 Å². The largest absolute Gasteiger partial charge is 0.454 e. The SMILES string of the molecule is CC(C)=C1CC1c1ccc(C(=O)C(F)(F)F)cc1. The van der Waals surface area contributed by atoms with Crippen molar-refractivity contribution in [1.82, 2.24) is 0 Å². The van der Waals surface area contributed by atoms with Crippen LogP contribution in [0.15, 0.2) is 35.4 Å². The van der Waals surface area contributed by atoms with Crippen molar-refractivity contribution in [2.45, 2.75) is 32.4 Å². The van der Waals surface area contributed by atoms with Gasteiger partial charge in [-0.15, -0.1) is 0 Å². The molecule has 1 aromatic carbocycles. The highest BCUT2D eigenvalue weighted by Gasteiger charge is 2.39. The lowest BCUT2D eigenvalue weighted by molar-refractivity contribution is -0.0885. The highest BCUT2D eigenvalue weighted by atomic mass is 19.4. The van der Waals surface area contributed by atoms with Crippen molar-refractivity contribution in [2.24, 2.45) is 0 Å². The Bertz CT molecular complexity index is 505. The van der Waals surface area contributed by atoms with Crippen molar-refractivity contribution in [1.29, 1.82) is 0 Å². The number of hydrogen-bond donors (Lipinski definition) is 0. The monoisotopic (exact) mass is 254 g/mol. The Morgan fingerprint density at radius 3 is 2.11 bits per heavy atom.